The van der Waals surface area contributed by atoms with Crippen molar-refractivity contribution < 1.29 is 22.7 Å². The van der Waals surface area contributed by atoms with Crippen LogP contribution in [-0.2, 0) is 16.4 Å². The molecule has 1 aliphatic carbocycles. The summed E-state index contributed by atoms with van der Waals surface area (Å²) in [5, 5.41) is 12.3. The number of aliphatic hydroxyl groups is 1. The minimum atomic E-state index is -3.70. The van der Waals surface area contributed by atoms with E-state index in [-0.39, 0.29) is 5.91 Å². The smallest absolute Gasteiger partial charge is 0.257 e. The number of hydrogen-bond acceptors (Lipinski definition) is 7. The Morgan fingerprint density at radius 2 is 1.66 bits per heavy atom. The Labute approximate surface area is 241 Å². The average Bonchev–Trinajstić information content (AvgIpc) is 3.59. The van der Waals surface area contributed by atoms with Crippen LogP contribution in [0.15, 0.2) is 30.3 Å². The van der Waals surface area contributed by atoms with E-state index in [9.17, 15) is 17.6 Å². The first-order valence-corrected chi connectivity index (χ1v) is 16.4. The number of halogens is 1. The Morgan fingerprint density at radius 1 is 0.976 bits per heavy atom. The monoisotopic (exact) mass is 585 g/mol. The van der Waals surface area contributed by atoms with Crippen LogP contribution in [0.3, 0.4) is 0 Å². The molecule has 3 aliphatic heterocycles. The molecule has 0 atom stereocenters. The molecular formula is C30H40FN5O4S. The van der Waals surface area contributed by atoms with Crippen molar-refractivity contribution in [1.29, 1.82) is 0 Å². The number of hydrogen-bond donors (Lipinski definition) is 3. The average molecular weight is 586 g/mol. The van der Waals surface area contributed by atoms with E-state index in [1.807, 2.05) is 12.1 Å². The van der Waals surface area contributed by atoms with Crippen LogP contribution in [0.2, 0.25) is 0 Å². The van der Waals surface area contributed by atoms with Crippen LogP contribution in [0.4, 0.5) is 32.8 Å². The molecule has 3 fully saturated rings. The molecule has 1 spiro atoms. The van der Waals surface area contributed by atoms with E-state index in [0.717, 1.165) is 50.3 Å². The SMILES string of the molecule is CN1CCc2cc(NC(=O)c3ccc(NS(=O)(=O)CCO)cc3N3CCC4(CC3)CC4)cc(N3CCC(F)CC3)c21. The van der Waals surface area contributed by atoms with E-state index >= 15 is 0 Å². The lowest BCUT2D eigenvalue weighted by Gasteiger charge is -2.35. The van der Waals surface area contributed by atoms with Crippen molar-refractivity contribution in [2.45, 2.75) is 51.1 Å². The number of nitrogens with zero attached hydrogens (tertiary/aromatic N) is 3. The fraction of sp³-hybridized carbons (Fsp3) is 0.567. The number of nitrogens with one attached hydrogen (secondary N) is 2. The summed E-state index contributed by atoms with van der Waals surface area (Å²) in [4.78, 5) is 20.5. The van der Waals surface area contributed by atoms with Crippen molar-refractivity contribution in [2.75, 3.05) is 76.9 Å². The van der Waals surface area contributed by atoms with Crippen molar-refractivity contribution in [1.82, 2.24) is 0 Å². The van der Waals surface area contributed by atoms with E-state index in [1.54, 1.807) is 18.2 Å². The van der Waals surface area contributed by atoms with Crippen LogP contribution >= 0.6 is 0 Å². The lowest BCUT2D eigenvalue weighted by molar-refractivity contribution is 0.102. The third-order valence-electron chi connectivity index (χ3n) is 9.29. The number of rotatable bonds is 8. The highest BCUT2D eigenvalue weighted by atomic mass is 32.2. The number of piperidine rings is 2. The predicted octanol–water partition coefficient (Wildman–Crippen LogP) is 3.98. The number of carbonyl (C=O) groups is 1. The molecule has 0 radical (unpaired) electrons. The molecule has 9 nitrogen and oxygen atoms in total. The largest absolute Gasteiger partial charge is 0.395 e. The molecule has 3 heterocycles. The first-order chi connectivity index (χ1) is 19.7. The van der Waals surface area contributed by atoms with E-state index in [4.69, 9.17) is 5.11 Å². The number of aliphatic hydroxyl groups excluding tert-OH is 1. The number of likely N-dealkylation sites (N-methyl/N-ethyl adjacent to an activating group) is 1. The maximum absolute atomic E-state index is 13.9. The van der Waals surface area contributed by atoms with Gasteiger partial charge in [-0.2, -0.15) is 0 Å². The zero-order valence-electron chi connectivity index (χ0n) is 23.7. The number of fused-ring (bicyclic) bond motifs is 1. The van der Waals surface area contributed by atoms with Gasteiger partial charge in [-0.15, -0.1) is 0 Å². The molecule has 1 amide bonds. The molecule has 222 valence electrons. The van der Waals surface area contributed by atoms with Gasteiger partial charge in [0.25, 0.3) is 5.91 Å². The summed E-state index contributed by atoms with van der Waals surface area (Å²) in [6.45, 7) is 3.34. The second kappa shape index (κ2) is 11.0. The lowest BCUT2D eigenvalue weighted by Crippen LogP contribution is -2.36. The zero-order chi connectivity index (χ0) is 28.8. The quantitative estimate of drug-likeness (QED) is 0.431. The maximum atomic E-state index is 13.9. The Hall–Kier alpha value is -3.05. The van der Waals surface area contributed by atoms with E-state index < -0.39 is 28.6 Å². The fourth-order valence-electron chi connectivity index (χ4n) is 6.61. The second-order valence-electron chi connectivity index (χ2n) is 12.2. The van der Waals surface area contributed by atoms with Gasteiger partial charge in [0, 0.05) is 45.5 Å². The van der Waals surface area contributed by atoms with Gasteiger partial charge in [-0.3, -0.25) is 9.52 Å². The third-order valence-corrected chi connectivity index (χ3v) is 10.6. The molecule has 4 aliphatic rings. The first-order valence-electron chi connectivity index (χ1n) is 14.7. The molecule has 11 heteroatoms. The summed E-state index contributed by atoms with van der Waals surface area (Å²) in [6, 6.07) is 9.06. The van der Waals surface area contributed by atoms with Gasteiger partial charge in [-0.25, -0.2) is 12.8 Å². The Morgan fingerprint density at radius 3 is 2.34 bits per heavy atom. The van der Waals surface area contributed by atoms with Crippen molar-refractivity contribution >= 4 is 44.4 Å². The highest BCUT2D eigenvalue weighted by Crippen LogP contribution is 2.54. The summed E-state index contributed by atoms with van der Waals surface area (Å²) in [5.41, 5.74) is 6.07. The summed E-state index contributed by atoms with van der Waals surface area (Å²) >= 11 is 0. The van der Waals surface area contributed by atoms with E-state index in [1.165, 1.54) is 18.4 Å². The molecule has 41 heavy (non-hydrogen) atoms. The van der Waals surface area contributed by atoms with Crippen LogP contribution < -0.4 is 24.7 Å². The second-order valence-corrected chi connectivity index (χ2v) is 14.0. The molecule has 2 aromatic carbocycles. The molecule has 0 unspecified atom stereocenters. The highest BCUT2D eigenvalue weighted by molar-refractivity contribution is 7.92. The number of alkyl halides is 1. The molecule has 0 aromatic heterocycles. The van der Waals surface area contributed by atoms with Gasteiger partial charge in [-0.05, 0) is 86.3 Å². The van der Waals surface area contributed by atoms with Crippen LogP contribution in [0.1, 0.15) is 54.4 Å². The van der Waals surface area contributed by atoms with Crippen LogP contribution in [0.5, 0.6) is 0 Å². The third kappa shape index (κ3) is 5.97. The first kappa shape index (κ1) is 28.1. The van der Waals surface area contributed by atoms with Crippen molar-refractivity contribution in [3.63, 3.8) is 0 Å². The van der Waals surface area contributed by atoms with Crippen LogP contribution in [0.25, 0.3) is 0 Å². The Balaban J connectivity index is 1.29. The normalized spacial score (nSPS) is 20.3. The maximum Gasteiger partial charge on any atom is 0.257 e. The number of amides is 1. The molecule has 6 rings (SSSR count). The summed E-state index contributed by atoms with van der Waals surface area (Å²) in [7, 11) is -1.63. The Kier molecular flexibility index (Phi) is 7.52. The van der Waals surface area contributed by atoms with Crippen LogP contribution in [0, 0.1) is 5.41 Å². The van der Waals surface area contributed by atoms with Gasteiger partial charge >= 0.3 is 0 Å². The van der Waals surface area contributed by atoms with Gasteiger partial charge in [-0.1, -0.05) is 0 Å². The van der Waals surface area contributed by atoms with Crippen molar-refractivity contribution in [3.8, 4) is 0 Å². The molecule has 2 saturated heterocycles. The summed E-state index contributed by atoms with van der Waals surface area (Å²) in [5.74, 6) is -0.647. The van der Waals surface area contributed by atoms with Crippen LogP contribution in [-0.4, -0.2) is 77.7 Å². The minimum Gasteiger partial charge on any atom is -0.395 e. The van der Waals surface area contributed by atoms with Gasteiger partial charge in [0.15, 0.2) is 0 Å². The summed E-state index contributed by atoms with van der Waals surface area (Å²) in [6.07, 6.45) is 5.76. The van der Waals surface area contributed by atoms with E-state index in [2.05, 4.69) is 31.8 Å². The van der Waals surface area contributed by atoms with Gasteiger partial charge < -0.3 is 25.1 Å². The van der Waals surface area contributed by atoms with Gasteiger partial charge in [0.1, 0.15) is 6.17 Å². The molecule has 2 aromatic rings. The number of carbonyl (C=O) groups excluding carboxylic acids is 1. The van der Waals surface area contributed by atoms with Crippen molar-refractivity contribution in [2.24, 2.45) is 5.41 Å². The molecule has 3 N–H and O–H groups in total. The predicted molar refractivity (Wildman–Crippen MR) is 162 cm³/mol. The van der Waals surface area contributed by atoms with Gasteiger partial charge in [0.2, 0.25) is 10.0 Å². The van der Waals surface area contributed by atoms with Gasteiger partial charge in [0.05, 0.1) is 40.7 Å². The van der Waals surface area contributed by atoms with E-state index in [0.29, 0.717) is 54.0 Å². The minimum absolute atomic E-state index is 0.254. The summed E-state index contributed by atoms with van der Waals surface area (Å²) < 4.78 is 41.1. The number of sulfonamides is 1. The molecular weight excluding hydrogens is 545 g/mol. The number of anilines is 5. The molecule has 0 bridgehead atoms. The number of benzene rings is 2. The van der Waals surface area contributed by atoms with Crippen molar-refractivity contribution in [3.05, 3.63) is 41.5 Å². The highest BCUT2D eigenvalue weighted by Gasteiger charge is 2.44. The Bertz CT molecular complexity index is 1410. The lowest BCUT2D eigenvalue weighted by atomic mass is 9.93. The zero-order valence-corrected chi connectivity index (χ0v) is 24.5. The molecule has 1 saturated carbocycles. The standard InChI is InChI=1S/C30H40FN5O4S/c1-34-11-4-21-18-24(20-27(28(21)34)35-12-5-22(31)6-13-35)32-29(38)25-3-2-23(33-41(39,40)17-16-37)19-26(25)36-14-9-30(7-8-30)10-15-36/h2-3,18-20,22,33,37H,4-17H2,1H3,(H,32,38). The topological polar surface area (TPSA) is 105 Å². The fourth-order valence-corrected chi connectivity index (χ4v) is 7.44.